The van der Waals surface area contributed by atoms with Gasteiger partial charge < -0.3 is 29.7 Å². The molecule has 0 radical (unpaired) electrons. The van der Waals surface area contributed by atoms with Gasteiger partial charge in [0.25, 0.3) is 0 Å². The van der Waals surface area contributed by atoms with Crippen molar-refractivity contribution in [2.24, 2.45) is 0 Å². The molecule has 0 saturated carbocycles. The van der Waals surface area contributed by atoms with E-state index in [0.717, 1.165) is 41.6 Å². The van der Waals surface area contributed by atoms with E-state index in [1.54, 1.807) is 0 Å². The molecule has 4 rings (SSSR count). The molecule has 0 bridgehead atoms. The van der Waals surface area contributed by atoms with Crippen molar-refractivity contribution in [2.45, 2.75) is 96.2 Å². The van der Waals surface area contributed by atoms with Crippen LogP contribution >= 0.6 is 0 Å². The van der Waals surface area contributed by atoms with E-state index in [9.17, 15) is 19.5 Å². The molecule has 42 heavy (non-hydrogen) atoms. The minimum Gasteiger partial charge on any atom is -0.481 e. The summed E-state index contributed by atoms with van der Waals surface area (Å²) in [6, 6.07) is 15.0. The van der Waals surface area contributed by atoms with Crippen LogP contribution in [0.3, 0.4) is 0 Å². The monoisotopic (exact) mass is 582 g/mol. The van der Waals surface area contributed by atoms with Crippen molar-refractivity contribution in [2.75, 3.05) is 13.1 Å². The topological polar surface area (TPSA) is 135 Å². The van der Waals surface area contributed by atoms with E-state index in [-0.39, 0.29) is 56.1 Å². The lowest BCUT2D eigenvalue weighted by molar-refractivity contribution is -0.253. The van der Waals surface area contributed by atoms with Crippen LogP contribution in [0.15, 0.2) is 48.5 Å². The largest absolute Gasteiger partial charge is 0.481 e. The van der Waals surface area contributed by atoms with Gasteiger partial charge in [0.2, 0.25) is 5.91 Å². The Morgan fingerprint density at radius 1 is 0.976 bits per heavy atom. The Balaban J connectivity index is 1.46. The van der Waals surface area contributed by atoms with Crippen molar-refractivity contribution < 1.29 is 38.8 Å². The SMILES string of the molecule is CC(C)(C)OC(=O)C1CCCN1CC1CC(c2ccc(CO)cc2)OC(c2ccc(CNC(=O)CCC(=O)O)cc2)O1. The molecule has 1 amide bonds. The Labute approximate surface area is 246 Å². The van der Waals surface area contributed by atoms with E-state index < -0.39 is 17.9 Å². The lowest BCUT2D eigenvalue weighted by atomic mass is 9.99. The van der Waals surface area contributed by atoms with Gasteiger partial charge in [0.1, 0.15) is 11.6 Å². The number of carbonyl (C=O) groups is 3. The number of ether oxygens (including phenoxy) is 3. The van der Waals surface area contributed by atoms with Crippen LogP contribution in [-0.4, -0.2) is 63.8 Å². The van der Waals surface area contributed by atoms with Crippen molar-refractivity contribution in [1.82, 2.24) is 10.2 Å². The zero-order valence-electron chi connectivity index (χ0n) is 24.6. The number of amides is 1. The fourth-order valence-electron chi connectivity index (χ4n) is 5.28. The van der Waals surface area contributed by atoms with Gasteiger partial charge in [-0.05, 0) is 56.8 Å². The normalized spacial score (nSPS) is 23.0. The first-order valence-electron chi connectivity index (χ1n) is 14.6. The van der Waals surface area contributed by atoms with Gasteiger partial charge in [-0.25, -0.2) is 0 Å². The first kappa shape index (κ1) is 31.6. The number of hydrogen-bond donors (Lipinski definition) is 3. The summed E-state index contributed by atoms with van der Waals surface area (Å²) in [4.78, 5) is 37.7. The Bertz CT molecular complexity index is 1210. The molecule has 2 aliphatic heterocycles. The van der Waals surface area contributed by atoms with Crippen LogP contribution < -0.4 is 5.32 Å². The van der Waals surface area contributed by atoms with E-state index in [1.165, 1.54) is 0 Å². The van der Waals surface area contributed by atoms with Gasteiger partial charge in [-0.2, -0.15) is 0 Å². The molecule has 10 nitrogen and oxygen atoms in total. The highest BCUT2D eigenvalue weighted by atomic mass is 16.7. The number of carbonyl (C=O) groups excluding carboxylic acids is 2. The molecule has 4 unspecified atom stereocenters. The molecule has 2 fully saturated rings. The molecule has 0 aromatic heterocycles. The van der Waals surface area contributed by atoms with Crippen LogP contribution in [-0.2, 0) is 41.7 Å². The Morgan fingerprint density at radius 2 is 1.64 bits per heavy atom. The quantitative estimate of drug-likeness (QED) is 0.336. The molecule has 10 heteroatoms. The summed E-state index contributed by atoms with van der Waals surface area (Å²) in [5.41, 5.74) is 2.94. The number of nitrogens with zero attached hydrogens (tertiary/aromatic N) is 1. The second kappa shape index (κ2) is 14.2. The summed E-state index contributed by atoms with van der Waals surface area (Å²) < 4.78 is 18.6. The summed E-state index contributed by atoms with van der Waals surface area (Å²) in [6.07, 6.45) is 0.895. The third-order valence-electron chi connectivity index (χ3n) is 7.40. The molecule has 2 heterocycles. The first-order valence-corrected chi connectivity index (χ1v) is 14.6. The Hall–Kier alpha value is -3.31. The first-order chi connectivity index (χ1) is 20.0. The molecular weight excluding hydrogens is 540 g/mol. The lowest BCUT2D eigenvalue weighted by Gasteiger charge is -2.38. The zero-order chi connectivity index (χ0) is 30.3. The number of esters is 1. The highest BCUT2D eigenvalue weighted by Crippen LogP contribution is 2.39. The van der Waals surface area contributed by atoms with Crippen LogP contribution in [0.25, 0.3) is 0 Å². The second-order valence-corrected chi connectivity index (χ2v) is 11.9. The number of likely N-dealkylation sites (tertiary alicyclic amines) is 1. The molecule has 0 spiro atoms. The number of aliphatic carboxylic acids is 1. The maximum absolute atomic E-state index is 12.9. The number of benzene rings is 2. The van der Waals surface area contributed by atoms with Gasteiger partial charge >= 0.3 is 11.9 Å². The van der Waals surface area contributed by atoms with Gasteiger partial charge in [0.05, 0.1) is 25.2 Å². The predicted octanol–water partition coefficient (Wildman–Crippen LogP) is 4.01. The molecule has 2 aromatic carbocycles. The van der Waals surface area contributed by atoms with Crippen LogP contribution in [0.1, 0.15) is 87.5 Å². The number of aliphatic hydroxyl groups excluding tert-OH is 1. The Kier molecular flexibility index (Phi) is 10.7. The van der Waals surface area contributed by atoms with E-state index in [0.29, 0.717) is 13.0 Å². The fourth-order valence-corrected chi connectivity index (χ4v) is 5.28. The fraction of sp³-hybridized carbons (Fsp3) is 0.531. The van der Waals surface area contributed by atoms with Crippen molar-refractivity contribution in [3.63, 3.8) is 0 Å². The number of rotatable bonds is 11. The van der Waals surface area contributed by atoms with Crippen LogP contribution in [0, 0.1) is 0 Å². The van der Waals surface area contributed by atoms with Gasteiger partial charge in [0, 0.05) is 31.5 Å². The third kappa shape index (κ3) is 9.09. The van der Waals surface area contributed by atoms with Crippen LogP contribution in [0.4, 0.5) is 0 Å². The van der Waals surface area contributed by atoms with Crippen LogP contribution in [0.2, 0.25) is 0 Å². The van der Waals surface area contributed by atoms with Crippen molar-refractivity contribution >= 4 is 17.8 Å². The van der Waals surface area contributed by atoms with Crippen molar-refractivity contribution in [3.8, 4) is 0 Å². The number of aliphatic hydroxyl groups is 1. The molecular formula is C32H42N2O8. The van der Waals surface area contributed by atoms with E-state index in [2.05, 4.69) is 10.2 Å². The number of hydrogen-bond acceptors (Lipinski definition) is 8. The maximum atomic E-state index is 12.9. The lowest BCUT2D eigenvalue weighted by Crippen LogP contribution is -2.45. The Morgan fingerprint density at radius 3 is 2.29 bits per heavy atom. The highest BCUT2D eigenvalue weighted by molar-refractivity contribution is 5.80. The van der Waals surface area contributed by atoms with Gasteiger partial charge in [0.15, 0.2) is 6.29 Å². The third-order valence-corrected chi connectivity index (χ3v) is 7.40. The molecule has 2 aromatic rings. The number of nitrogens with one attached hydrogen (secondary N) is 1. The molecule has 2 saturated heterocycles. The number of carboxylic acid groups (broad SMARTS) is 1. The summed E-state index contributed by atoms with van der Waals surface area (Å²) in [5.74, 6) is -1.52. The zero-order valence-corrected chi connectivity index (χ0v) is 24.6. The smallest absolute Gasteiger partial charge is 0.323 e. The molecule has 0 aliphatic carbocycles. The average Bonchev–Trinajstić information content (AvgIpc) is 3.42. The average molecular weight is 583 g/mol. The van der Waals surface area contributed by atoms with Gasteiger partial charge in [-0.15, -0.1) is 0 Å². The summed E-state index contributed by atoms with van der Waals surface area (Å²) >= 11 is 0. The number of carboxylic acids is 1. The standard InChI is InChI=1S/C32H42N2O8/c1-32(2,3)42-30(39)26-5-4-16-34(26)19-25-17-27(23-10-8-22(20-35)9-11-23)41-31(40-25)24-12-6-21(7-13-24)18-33-28(36)14-15-29(37)38/h6-13,25-27,31,35H,4-5,14-20H2,1-3H3,(H,33,36)(H,37,38). The highest BCUT2D eigenvalue weighted by Gasteiger charge is 2.38. The van der Waals surface area contributed by atoms with Gasteiger partial charge in [-0.1, -0.05) is 48.5 Å². The summed E-state index contributed by atoms with van der Waals surface area (Å²) in [5, 5.41) is 21.0. The minimum atomic E-state index is -1.01. The molecule has 2 aliphatic rings. The molecule has 4 atom stereocenters. The van der Waals surface area contributed by atoms with Crippen molar-refractivity contribution in [3.05, 3.63) is 70.8 Å². The molecule has 228 valence electrons. The van der Waals surface area contributed by atoms with E-state index in [4.69, 9.17) is 19.3 Å². The minimum absolute atomic E-state index is 0.0342. The predicted molar refractivity (Wildman–Crippen MR) is 154 cm³/mol. The molecule has 3 N–H and O–H groups in total. The van der Waals surface area contributed by atoms with E-state index in [1.807, 2.05) is 69.3 Å². The summed E-state index contributed by atoms with van der Waals surface area (Å²) in [7, 11) is 0. The van der Waals surface area contributed by atoms with Crippen LogP contribution in [0.5, 0.6) is 0 Å². The van der Waals surface area contributed by atoms with Gasteiger partial charge in [-0.3, -0.25) is 19.3 Å². The summed E-state index contributed by atoms with van der Waals surface area (Å²) in [6.45, 7) is 7.24. The maximum Gasteiger partial charge on any atom is 0.323 e. The van der Waals surface area contributed by atoms with E-state index >= 15 is 0 Å². The second-order valence-electron chi connectivity index (χ2n) is 11.9. The van der Waals surface area contributed by atoms with Crippen molar-refractivity contribution in [1.29, 1.82) is 0 Å².